The third-order valence-electron chi connectivity index (χ3n) is 13.8. The highest BCUT2D eigenvalue weighted by atomic mass is 16.4. The van der Waals surface area contributed by atoms with Gasteiger partial charge in [0.25, 0.3) is 0 Å². The third-order valence-corrected chi connectivity index (χ3v) is 13.8. The second-order valence-electron chi connectivity index (χ2n) is 17.4. The van der Waals surface area contributed by atoms with Crippen molar-refractivity contribution < 1.29 is 9.90 Å². The van der Waals surface area contributed by atoms with Crippen molar-refractivity contribution in [3.8, 4) is 0 Å². The maximum Gasteiger partial charge on any atom is 0.321 e. The molecule has 0 spiro atoms. The van der Waals surface area contributed by atoms with Gasteiger partial charge in [0.15, 0.2) is 5.96 Å². The Morgan fingerprint density at radius 1 is 0.391 bits per heavy atom. The Kier molecular flexibility index (Phi) is 13.7. The van der Waals surface area contributed by atoms with Crippen LogP contribution in [0.25, 0.3) is 0 Å². The third kappa shape index (κ3) is 8.52. The van der Waals surface area contributed by atoms with Crippen molar-refractivity contribution in [2.45, 2.75) is 29.0 Å². The quantitative estimate of drug-likeness (QED) is 0.0452. The largest absolute Gasteiger partial charge is 0.480 e. The van der Waals surface area contributed by atoms with Crippen LogP contribution in [0.5, 0.6) is 0 Å². The van der Waals surface area contributed by atoms with Crippen molar-refractivity contribution in [3.05, 3.63) is 323 Å². The summed E-state index contributed by atoms with van der Waals surface area (Å²) >= 11 is 0. The monoisotopic (exact) mass is 900 g/mol. The molecule has 0 saturated carbocycles. The molecule has 340 valence electrons. The van der Waals surface area contributed by atoms with Crippen LogP contribution in [0.4, 0.5) is 0 Å². The minimum Gasteiger partial charge on any atom is -0.480 e. The van der Waals surface area contributed by atoms with Crippen molar-refractivity contribution in [1.29, 1.82) is 0 Å². The van der Waals surface area contributed by atoms with Crippen LogP contribution in [0.3, 0.4) is 0 Å². The van der Waals surface area contributed by atoms with Gasteiger partial charge >= 0.3 is 5.97 Å². The lowest BCUT2D eigenvalue weighted by molar-refractivity contribution is -0.149. The number of hydrogen-bond acceptors (Lipinski definition) is 3. The van der Waals surface area contributed by atoms with E-state index in [-0.39, 0.29) is 18.9 Å². The second kappa shape index (κ2) is 20.7. The van der Waals surface area contributed by atoms with Gasteiger partial charge in [-0.05, 0) is 62.4 Å². The summed E-state index contributed by atoms with van der Waals surface area (Å²) < 4.78 is 0. The summed E-state index contributed by atoms with van der Waals surface area (Å²) in [6.45, 7) is 0.0999. The Balaban J connectivity index is 1.51. The fourth-order valence-corrected chi connectivity index (χ4v) is 11.1. The van der Waals surface area contributed by atoms with Crippen LogP contribution in [-0.2, 0) is 21.3 Å². The Hall–Kier alpha value is -8.32. The van der Waals surface area contributed by atoms with Gasteiger partial charge in [-0.3, -0.25) is 14.7 Å². The molecule has 0 radical (unpaired) electrons. The fraction of sp³-hybridized carbons (Fsp3) is 0.111. The first-order chi connectivity index (χ1) is 33.9. The molecule has 69 heavy (non-hydrogen) atoms. The van der Waals surface area contributed by atoms with E-state index in [1.54, 1.807) is 0 Å². The number of carboxylic acid groups (broad SMARTS) is 1. The van der Waals surface area contributed by atoms with E-state index in [0.29, 0.717) is 0 Å². The van der Waals surface area contributed by atoms with Crippen molar-refractivity contribution in [2.24, 2.45) is 22.4 Å². The molecule has 9 aromatic carbocycles. The highest BCUT2D eigenvalue weighted by Gasteiger charge is 2.59. The lowest BCUT2D eigenvalue weighted by Gasteiger charge is -2.58. The van der Waals surface area contributed by atoms with Crippen molar-refractivity contribution in [3.63, 3.8) is 0 Å². The Morgan fingerprint density at radius 3 is 0.812 bits per heavy atom. The average molecular weight is 901 g/mol. The molecule has 1 unspecified atom stereocenters. The zero-order chi connectivity index (χ0) is 47.5. The molecule has 0 bridgehead atoms. The van der Waals surface area contributed by atoms with Gasteiger partial charge < -0.3 is 16.6 Å². The number of nitrogens with two attached hydrogens (primary N) is 2. The number of nitrogens with zero attached hydrogens (tertiary/aromatic N) is 2. The van der Waals surface area contributed by atoms with Crippen molar-refractivity contribution in [1.82, 2.24) is 4.90 Å². The smallest absolute Gasteiger partial charge is 0.321 e. The standard InChI is InChI=1S/C63H56N4O2/c64-60(65)66-47-57(61(48-28-10-1-11-29-48,49-30-12-2-13-31-49)50-32-14-3-15-33-50)46-58(59(68)69)67(62(51-34-16-4-17-35-51,52-36-18-5-19-37-52)53-38-20-6-21-39-53)63(54-40-22-7-23-41-54,55-42-24-8-25-43-55)56-44-26-9-27-45-56/h1-45,57-58H,46-47H2,(H,68,69)(H4,64,65,66)/t57?,58-/m0/s1. The normalized spacial score (nSPS) is 12.7. The van der Waals surface area contributed by atoms with Gasteiger partial charge in [-0.2, -0.15) is 0 Å². The predicted molar refractivity (Wildman–Crippen MR) is 280 cm³/mol. The van der Waals surface area contributed by atoms with Gasteiger partial charge in [0.2, 0.25) is 0 Å². The van der Waals surface area contributed by atoms with E-state index in [4.69, 9.17) is 16.5 Å². The first kappa shape index (κ1) is 45.8. The topological polar surface area (TPSA) is 105 Å². The molecule has 9 aromatic rings. The molecule has 0 heterocycles. The number of carbonyl (C=O) groups is 1. The van der Waals surface area contributed by atoms with E-state index < -0.39 is 34.4 Å². The van der Waals surface area contributed by atoms with Crippen LogP contribution in [0, 0.1) is 5.92 Å². The van der Waals surface area contributed by atoms with E-state index in [0.717, 1.165) is 50.1 Å². The summed E-state index contributed by atoms with van der Waals surface area (Å²) in [4.78, 5) is 22.9. The maximum absolute atomic E-state index is 15.7. The first-order valence-electron chi connectivity index (χ1n) is 23.5. The molecular weight excluding hydrogens is 845 g/mol. The van der Waals surface area contributed by atoms with E-state index in [2.05, 4.69) is 114 Å². The predicted octanol–water partition coefficient (Wildman–Crippen LogP) is 12.0. The summed E-state index contributed by atoms with van der Waals surface area (Å²) in [5.41, 5.74) is 17.4. The van der Waals surface area contributed by atoms with Gasteiger partial charge in [-0.1, -0.05) is 273 Å². The van der Waals surface area contributed by atoms with Gasteiger partial charge in [0, 0.05) is 12.0 Å². The van der Waals surface area contributed by atoms with Crippen molar-refractivity contribution >= 4 is 11.9 Å². The SMILES string of the molecule is NC(N)=NCC(C[C@@H](C(=O)O)N(C(c1ccccc1)(c1ccccc1)c1ccccc1)C(c1ccccc1)(c1ccccc1)c1ccccc1)C(c1ccccc1)(c1ccccc1)c1ccccc1. The Morgan fingerprint density at radius 2 is 0.609 bits per heavy atom. The van der Waals surface area contributed by atoms with Crippen LogP contribution in [0.15, 0.2) is 278 Å². The molecule has 0 fully saturated rings. The van der Waals surface area contributed by atoms with Crippen molar-refractivity contribution in [2.75, 3.05) is 6.54 Å². The van der Waals surface area contributed by atoms with E-state index in [9.17, 15) is 5.11 Å². The average Bonchev–Trinajstić information content (AvgIpc) is 3.42. The van der Waals surface area contributed by atoms with E-state index in [1.807, 2.05) is 164 Å². The van der Waals surface area contributed by atoms with Crippen LogP contribution < -0.4 is 11.5 Å². The zero-order valence-electron chi connectivity index (χ0n) is 38.5. The molecule has 0 aliphatic rings. The molecule has 6 heteroatoms. The van der Waals surface area contributed by atoms with E-state index >= 15 is 4.79 Å². The molecule has 9 rings (SSSR count). The van der Waals surface area contributed by atoms with E-state index in [1.165, 1.54) is 0 Å². The van der Waals surface area contributed by atoms with Gasteiger partial charge in [0.1, 0.15) is 6.04 Å². The number of aliphatic imine (C=N–C) groups is 1. The first-order valence-corrected chi connectivity index (χ1v) is 23.5. The minimum absolute atomic E-state index is 0.0628. The molecule has 0 aromatic heterocycles. The maximum atomic E-state index is 15.7. The highest BCUT2D eigenvalue weighted by Crippen LogP contribution is 2.57. The number of benzene rings is 9. The van der Waals surface area contributed by atoms with Crippen LogP contribution in [0.2, 0.25) is 0 Å². The molecule has 0 amide bonds. The molecule has 6 nitrogen and oxygen atoms in total. The van der Waals surface area contributed by atoms with Crippen LogP contribution in [0.1, 0.15) is 56.5 Å². The minimum atomic E-state index is -1.32. The molecule has 5 N–H and O–H groups in total. The fourth-order valence-electron chi connectivity index (χ4n) is 11.1. The number of carboxylic acids is 1. The van der Waals surface area contributed by atoms with Crippen LogP contribution in [-0.4, -0.2) is 34.5 Å². The molecule has 0 aliphatic heterocycles. The summed E-state index contributed by atoms with van der Waals surface area (Å²) in [5.74, 6) is -1.67. The second-order valence-corrected chi connectivity index (χ2v) is 17.4. The lowest BCUT2D eigenvalue weighted by Crippen LogP contribution is -2.65. The summed E-state index contributed by atoms with van der Waals surface area (Å²) in [6, 6.07) is 92.2. The number of guanidine groups is 1. The van der Waals surface area contributed by atoms with Gasteiger partial charge in [0.05, 0.1) is 11.1 Å². The lowest BCUT2D eigenvalue weighted by atomic mass is 9.59. The summed E-state index contributed by atoms with van der Waals surface area (Å²) in [6.07, 6.45) is 0.0628. The zero-order valence-corrected chi connectivity index (χ0v) is 38.5. The molecule has 0 aliphatic carbocycles. The number of rotatable bonds is 18. The summed E-state index contributed by atoms with van der Waals surface area (Å²) in [7, 11) is 0. The number of hydrogen-bond donors (Lipinski definition) is 3. The Labute approximate surface area is 405 Å². The number of aliphatic carboxylic acids is 1. The Bertz CT molecular complexity index is 2610. The van der Waals surface area contributed by atoms with Gasteiger partial charge in [-0.15, -0.1) is 0 Å². The highest BCUT2D eigenvalue weighted by molar-refractivity contribution is 5.77. The molecule has 0 saturated heterocycles. The summed E-state index contributed by atoms with van der Waals surface area (Å²) in [5, 5.41) is 12.8. The van der Waals surface area contributed by atoms with Crippen LogP contribution >= 0.6 is 0 Å². The van der Waals surface area contributed by atoms with Gasteiger partial charge in [-0.25, -0.2) is 0 Å². The molecule has 2 atom stereocenters. The molecular formula is C63H56N4O2.